The van der Waals surface area contributed by atoms with Crippen LogP contribution < -0.4 is 20.7 Å². The lowest BCUT2D eigenvalue weighted by Crippen LogP contribution is -2.30. The molecular formula is C16H19FN6O. The molecular weight excluding hydrogens is 311 g/mol. The topological polar surface area (TPSA) is 89.2 Å². The monoisotopic (exact) mass is 330 g/mol. The average Bonchev–Trinajstić information content (AvgIpc) is 3.42. The lowest BCUT2D eigenvalue weighted by Gasteiger charge is -2.22. The normalized spacial score (nSPS) is 16.8. The summed E-state index contributed by atoms with van der Waals surface area (Å²) in [7, 11) is 1.43. The maximum absolute atomic E-state index is 13.8. The second-order valence-electron chi connectivity index (χ2n) is 6.16. The number of nitrogens with zero attached hydrogens (tertiary/aromatic N) is 4. The summed E-state index contributed by atoms with van der Waals surface area (Å²) in [5, 5.41) is 2.99. The molecule has 3 N–H and O–H groups in total. The number of nitrogens with two attached hydrogens (primary N) is 1. The van der Waals surface area contributed by atoms with Crippen LogP contribution in [0.2, 0.25) is 0 Å². The fraction of sp³-hybridized carbons (Fsp3) is 0.438. The summed E-state index contributed by atoms with van der Waals surface area (Å²) >= 11 is 0. The molecule has 0 aliphatic heterocycles. The quantitative estimate of drug-likeness (QED) is 0.841. The van der Waals surface area contributed by atoms with Crippen molar-refractivity contribution in [3.63, 3.8) is 0 Å². The molecule has 126 valence electrons. The summed E-state index contributed by atoms with van der Waals surface area (Å²) in [5.74, 6) is 0.799. The van der Waals surface area contributed by atoms with Crippen LogP contribution in [0.1, 0.15) is 25.7 Å². The first kappa shape index (κ1) is 14.9. The zero-order chi connectivity index (χ0) is 16.7. The number of methoxy groups -OCH3 is 1. The van der Waals surface area contributed by atoms with Gasteiger partial charge in [-0.15, -0.1) is 0 Å². The molecule has 0 unspecified atom stereocenters. The number of aromatic nitrogens is 3. The molecule has 4 rings (SSSR count). The van der Waals surface area contributed by atoms with Gasteiger partial charge in [-0.2, -0.15) is 15.0 Å². The van der Waals surface area contributed by atoms with Crippen LogP contribution in [0.5, 0.6) is 5.75 Å². The Hall–Kier alpha value is -2.64. The van der Waals surface area contributed by atoms with Crippen LogP contribution >= 0.6 is 0 Å². The van der Waals surface area contributed by atoms with E-state index in [1.54, 1.807) is 12.1 Å². The van der Waals surface area contributed by atoms with Gasteiger partial charge in [0, 0.05) is 23.8 Å². The van der Waals surface area contributed by atoms with Gasteiger partial charge in [0.1, 0.15) is 0 Å². The van der Waals surface area contributed by atoms with Crippen LogP contribution in [0.25, 0.3) is 0 Å². The lowest BCUT2D eigenvalue weighted by atomic mass is 10.3. The highest BCUT2D eigenvalue weighted by atomic mass is 19.1. The van der Waals surface area contributed by atoms with E-state index in [9.17, 15) is 4.39 Å². The highest BCUT2D eigenvalue weighted by Gasteiger charge is 2.41. The predicted octanol–water partition coefficient (Wildman–Crippen LogP) is 2.48. The number of ether oxygens (including phenoxy) is 1. The van der Waals surface area contributed by atoms with E-state index in [0.29, 0.717) is 29.7 Å². The SMILES string of the molecule is COc1ccc(Nc2nc(N)nc(N(C3CC3)C3CC3)n2)cc1F. The third kappa shape index (κ3) is 3.04. The average molecular weight is 330 g/mol. The Morgan fingerprint density at radius 1 is 1.17 bits per heavy atom. The van der Waals surface area contributed by atoms with Gasteiger partial charge in [0.2, 0.25) is 17.8 Å². The van der Waals surface area contributed by atoms with Crippen molar-refractivity contribution in [1.82, 2.24) is 15.0 Å². The van der Waals surface area contributed by atoms with E-state index in [4.69, 9.17) is 10.5 Å². The van der Waals surface area contributed by atoms with Gasteiger partial charge in [0.05, 0.1) is 7.11 Å². The molecule has 1 aromatic heterocycles. The molecule has 2 aliphatic carbocycles. The maximum atomic E-state index is 13.8. The number of nitrogens with one attached hydrogen (secondary N) is 1. The van der Waals surface area contributed by atoms with Crippen molar-refractivity contribution in [3.8, 4) is 5.75 Å². The summed E-state index contributed by atoms with van der Waals surface area (Å²) in [6.45, 7) is 0. The van der Waals surface area contributed by atoms with E-state index < -0.39 is 5.82 Å². The second kappa shape index (κ2) is 5.77. The molecule has 0 bridgehead atoms. The molecule has 2 fully saturated rings. The van der Waals surface area contributed by atoms with E-state index >= 15 is 0 Å². The Labute approximate surface area is 139 Å². The lowest BCUT2D eigenvalue weighted by molar-refractivity contribution is 0.386. The Morgan fingerprint density at radius 2 is 1.88 bits per heavy atom. The van der Waals surface area contributed by atoms with Crippen molar-refractivity contribution >= 4 is 23.5 Å². The minimum Gasteiger partial charge on any atom is -0.494 e. The van der Waals surface area contributed by atoms with Crippen molar-refractivity contribution in [1.29, 1.82) is 0 Å². The van der Waals surface area contributed by atoms with Gasteiger partial charge in [0.25, 0.3) is 0 Å². The van der Waals surface area contributed by atoms with Gasteiger partial charge in [-0.25, -0.2) is 4.39 Å². The Balaban J connectivity index is 1.60. The number of hydrogen-bond acceptors (Lipinski definition) is 7. The zero-order valence-corrected chi connectivity index (χ0v) is 13.4. The minimum atomic E-state index is -0.456. The minimum absolute atomic E-state index is 0.155. The number of anilines is 4. The molecule has 0 radical (unpaired) electrons. The number of hydrogen-bond donors (Lipinski definition) is 2. The molecule has 2 aliphatic rings. The van der Waals surface area contributed by atoms with Gasteiger partial charge in [-0.05, 0) is 37.8 Å². The molecule has 8 heteroatoms. The van der Waals surface area contributed by atoms with E-state index in [1.807, 2.05) is 0 Å². The van der Waals surface area contributed by atoms with Crippen LogP contribution in [0.3, 0.4) is 0 Å². The molecule has 1 aromatic carbocycles. The van der Waals surface area contributed by atoms with Crippen LogP contribution in [0, 0.1) is 5.82 Å². The molecule has 0 amide bonds. The van der Waals surface area contributed by atoms with Gasteiger partial charge >= 0.3 is 0 Å². The van der Waals surface area contributed by atoms with Crippen molar-refractivity contribution in [2.45, 2.75) is 37.8 Å². The fourth-order valence-electron chi connectivity index (χ4n) is 2.76. The van der Waals surface area contributed by atoms with Crippen LogP contribution in [-0.2, 0) is 0 Å². The fourth-order valence-corrected chi connectivity index (χ4v) is 2.76. The third-order valence-corrected chi connectivity index (χ3v) is 4.16. The summed E-state index contributed by atoms with van der Waals surface area (Å²) in [4.78, 5) is 15.1. The maximum Gasteiger partial charge on any atom is 0.233 e. The third-order valence-electron chi connectivity index (χ3n) is 4.16. The van der Waals surface area contributed by atoms with Gasteiger partial charge in [0.15, 0.2) is 11.6 Å². The van der Waals surface area contributed by atoms with E-state index in [2.05, 4.69) is 25.2 Å². The first-order valence-electron chi connectivity index (χ1n) is 8.04. The first-order valence-corrected chi connectivity index (χ1v) is 8.04. The van der Waals surface area contributed by atoms with Gasteiger partial charge in [-0.1, -0.05) is 0 Å². The standard InChI is InChI=1S/C16H19FN6O/c1-24-13-7-2-9(8-12(13)17)19-15-20-14(18)21-16(22-15)23(10-3-4-10)11-5-6-11/h2,7-8,10-11H,3-6H2,1H3,(H3,18,19,20,21,22). The van der Waals surface area contributed by atoms with Crippen molar-refractivity contribution in [3.05, 3.63) is 24.0 Å². The van der Waals surface area contributed by atoms with E-state index in [1.165, 1.54) is 13.2 Å². The zero-order valence-electron chi connectivity index (χ0n) is 13.4. The summed E-state index contributed by atoms with van der Waals surface area (Å²) < 4.78 is 18.7. The Morgan fingerprint density at radius 3 is 2.46 bits per heavy atom. The highest BCUT2D eigenvalue weighted by molar-refractivity contribution is 5.57. The van der Waals surface area contributed by atoms with Crippen molar-refractivity contribution in [2.24, 2.45) is 0 Å². The van der Waals surface area contributed by atoms with Gasteiger partial charge in [-0.3, -0.25) is 0 Å². The summed E-state index contributed by atoms with van der Waals surface area (Å²) in [6, 6.07) is 5.58. The largest absolute Gasteiger partial charge is 0.494 e. The van der Waals surface area contributed by atoms with E-state index in [-0.39, 0.29) is 11.7 Å². The van der Waals surface area contributed by atoms with Crippen molar-refractivity contribution < 1.29 is 9.13 Å². The molecule has 0 atom stereocenters. The Bertz CT molecular complexity index is 750. The number of rotatable bonds is 6. The first-order chi connectivity index (χ1) is 11.6. The van der Waals surface area contributed by atoms with Gasteiger partial charge < -0.3 is 20.7 Å². The summed E-state index contributed by atoms with van der Waals surface area (Å²) in [6.07, 6.45) is 4.65. The van der Waals surface area contributed by atoms with Crippen LogP contribution in [0.4, 0.5) is 27.9 Å². The molecule has 2 saturated carbocycles. The predicted molar refractivity (Wildman–Crippen MR) is 89.0 cm³/mol. The summed E-state index contributed by atoms with van der Waals surface area (Å²) in [5.41, 5.74) is 6.37. The van der Waals surface area contributed by atoms with Crippen LogP contribution in [0.15, 0.2) is 18.2 Å². The van der Waals surface area contributed by atoms with E-state index in [0.717, 1.165) is 25.7 Å². The molecule has 0 saturated heterocycles. The molecule has 7 nitrogen and oxygen atoms in total. The molecule has 24 heavy (non-hydrogen) atoms. The highest BCUT2D eigenvalue weighted by Crippen LogP contribution is 2.39. The number of benzene rings is 1. The molecule has 1 heterocycles. The number of halogens is 1. The number of nitrogen functional groups attached to an aromatic ring is 1. The van der Waals surface area contributed by atoms with Crippen LogP contribution in [-0.4, -0.2) is 34.1 Å². The molecule has 0 spiro atoms. The molecule has 2 aromatic rings. The second-order valence-corrected chi connectivity index (χ2v) is 6.16. The Kier molecular flexibility index (Phi) is 3.59. The van der Waals surface area contributed by atoms with Crippen molar-refractivity contribution in [2.75, 3.05) is 23.1 Å². The smallest absolute Gasteiger partial charge is 0.233 e.